The number of halogens is 1. The summed E-state index contributed by atoms with van der Waals surface area (Å²) in [5, 5.41) is 4.86. The third kappa shape index (κ3) is 2.77. The van der Waals surface area contributed by atoms with Gasteiger partial charge in [0.2, 0.25) is 0 Å². The standard InChI is InChI=1S/C19H19FN2S/c1-13-4-9-19-16(11-13)17-12-21-10-2-3-18(17)22(19)23-15-7-5-14(20)6-8-15/h4-9,11,21H,2-3,10,12H2,1H3. The van der Waals surface area contributed by atoms with Crippen LogP contribution in [0, 0.1) is 12.7 Å². The molecule has 0 unspecified atom stereocenters. The first-order chi connectivity index (χ1) is 11.2. The van der Waals surface area contributed by atoms with Crippen LogP contribution < -0.4 is 5.32 Å². The number of hydrogen-bond donors (Lipinski definition) is 1. The zero-order chi connectivity index (χ0) is 15.8. The molecular formula is C19H19FN2S. The SMILES string of the molecule is Cc1ccc2c(c1)c1c(n2Sc2ccc(F)cc2)CCCNC1. The van der Waals surface area contributed by atoms with Gasteiger partial charge in [0.25, 0.3) is 0 Å². The maximum Gasteiger partial charge on any atom is 0.123 e. The van der Waals surface area contributed by atoms with Crippen molar-refractivity contribution in [2.75, 3.05) is 6.54 Å². The molecule has 4 heteroatoms. The predicted molar refractivity (Wildman–Crippen MR) is 94.4 cm³/mol. The fourth-order valence-electron chi connectivity index (χ4n) is 3.24. The van der Waals surface area contributed by atoms with Gasteiger partial charge in [-0.15, -0.1) is 0 Å². The summed E-state index contributed by atoms with van der Waals surface area (Å²) >= 11 is 1.68. The molecule has 0 aliphatic carbocycles. The molecule has 0 spiro atoms. The molecule has 1 N–H and O–H groups in total. The minimum atomic E-state index is -0.189. The van der Waals surface area contributed by atoms with Crippen molar-refractivity contribution in [1.29, 1.82) is 0 Å². The van der Waals surface area contributed by atoms with Gasteiger partial charge in [0.05, 0.1) is 5.52 Å². The normalized spacial score (nSPS) is 14.7. The third-order valence-electron chi connectivity index (χ3n) is 4.37. The Morgan fingerprint density at radius 1 is 1.13 bits per heavy atom. The lowest BCUT2D eigenvalue weighted by molar-refractivity contribution is 0.626. The molecule has 2 nitrogen and oxygen atoms in total. The second kappa shape index (κ2) is 6.02. The fraction of sp³-hybridized carbons (Fsp3) is 0.263. The number of nitrogens with zero attached hydrogens (tertiary/aromatic N) is 1. The largest absolute Gasteiger partial charge is 0.313 e. The number of hydrogen-bond acceptors (Lipinski definition) is 2. The number of rotatable bonds is 2. The highest BCUT2D eigenvalue weighted by molar-refractivity contribution is 7.98. The van der Waals surface area contributed by atoms with E-state index in [1.165, 1.54) is 39.9 Å². The average molecular weight is 326 g/mol. The van der Waals surface area contributed by atoms with Gasteiger partial charge in [0.15, 0.2) is 0 Å². The van der Waals surface area contributed by atoms with Crippen LogP contribution >= 0.6 is 11.9 Å². The maximum atomic E-state index is 13.2. The molecule has 0 fully saturated rings. The summed E-state index contributed by atoms with van der Waals surface area (Å²) in [5.41, 5.74) is 5.34. The van der Waals surface area contributed by atoms with E-state index in [0.717, 1.165) is 30.8 Å². The second-order valence-corrected chi connectivity index (χ2v) is 7.08. The van der Waals surface area contributed by atoms with E-state index in [0.29, 0.717) is 0 Å². The van der Waals surface area contributed by atoms with Crippen molar-refractivity contribution in [3.05, 3.63) is 65.1 Å². The Kier molecular flexibility index (Phi) is 3.87. The molecule has 1 aromatic heterocycles. The number of nitrogens with one attached hydrogen (secondary N) is 1. The first-order valence-corrected chi connectivity index (χ1v) is 8.77. The van der Waals surface area contributed by atoms with Crippen molar-refractivity contribution in [2.24, 2.45) is 0 Å². The van der Waals surface area contributed by atoms with Crippen molar-refractivity contribution < 1.29 is 4.39 Å². The van der Waals surface area contributed by atoms with Gasteiger partial charge in [0.1, 0.15) is 5.82 Å². The van der Waals surface area contributed by atoms with Crippen LogP contribution in [0.1, 0.15) is 23.2 Å². The Morgan fingerprint density at radius 2 is 1.96 bits per heavy atom. The second-order valence-electron chi connectivity index (χ2n) is 6.07. The van der Waals surface area contributed by atoms with Gasteiger partial charge in [-0.2, -0.15) is 0 Å². The van der Waals surface area contributed by atoms with E-state index in [9.17, 15) is 4.39 Å². The molecule has 4 rings (SSSR count). The maximum absolute atomic E-state index is 13.2. The molecule has 2 heterocycles. The first kappa shape index (κ1) is 14.8. The highest BCUT2D eigenvalue weighted by atomic mass is 32.2. The number of aromatic nitrogens is 1. The van der Waals surface area contributed by atoms with Gasteiger partial charge >= 0.3 is 0 Å². The molecule has 0 bridgehead atoms. The van der Waals surface area contributed by atoms with Crippen LogP contribution in [0.15, 0.2) is 47.4 Å². The van der Waals surface area contributed by atoms with Crippen molar-refractivity contribution in [2.45, 2.75) is 31.2 Å². The average Bonchev–Trinajstić information content (AvgIpc) is 2.71. The van der Waals surface area contributed by atoms with Crippen molar-refractivity contribution in [1.82, 2.24) is 9.29 Å². The molecule has 1 aliphatic rings. The predicted octanol–water partition coefficient (Wildman–Crippen LogP) is 4.68. The van der Waals surface area contributed by atoms with Gasteiger partial charge in [-0.3, -0.25) is 3.97 Å². The monoisotopic (exact) mass is 326 g/mol. The van der Waals surface area contributed by atoms with Gasteiger partial charge in [-0.25, -0.2) is 4.39 Å². The van der Waals surface area contributed by atoms with E-state index in [4.69, 9.17) is 0 Å². The molecule has 118 valence electrons. The molecule has 0 radical (unpaired) electrons. The summed E-state index contributed by atoms with van der Waals surface area (Å²) in [4.78, 5) is 1.06. The van der Waals surface area contributed by atoms with Gasteiger partial charge in [-0.05, 0) is 80.2 Å². The summed E-state index contributed by atoms with van der Waals surface area (Å²) in [5.74, 6) is -0.189. The van der Waals surface area contributed by atoms with E-state index in [1.54, 1.807) is 11.9 Å². The Labute approximate surface area is 139 Å². The van der Waals surface area contributed by atoms with Crippen molar-refractivity contribution in [3.8, 4) is 0 Å². The van der Waals surface area contributed by atoms with Crippen LogP contribution in [0.5, 0.6) is 0 Å². The zero-order valence-corrected chi connectivity index (χ0v) is 13.9. The Morgan fingerprint density at radius 3 is 2.78 bits per heavy atom. The fourth-order valence-corrected chi connectivity index (χ4v) is 4.28. The minimum absolute atomic E-state index is 0.189. The van der Waals surface area contributed by atoms with Crippen LogP contribution in [-0.4, -0.2) is 10.5 Å². The van der Waals surface area contributed by atoms with Crippen LogP contribution in [-0.2, 0) is 13.0 Å². The lowest BCUT2D eigenvalue weighted by atomic mass is 10.1. The number of benzene rings is 2. The molecule has 1 aliphatic heterocycles. The first-order valence-electron chi connectivity index (χ1n) is 8.00. The van der Waals surface area contributed by atoms with Crippen LogP contribution in [0.4, 0.5) is 4.39 Å². The van der Waals surface area contributed by atoms with Crippen LogP contribution in [0.25, 0.3) is 10.9 Å². The Hall–Kier alpha value is -1.78. The number of fused-ring (bicyclic) bond motifs is 3. The van der Waals surface area contributed by atoms with Crippen LogP contribution in [0.2, 0.25) is 0 Å². The molecule has 23 heavy (non-hydrogen) atoms. The zero-order valence-electron chi connectivity index (χ0n) is 13.1. The van der Waals surface area contributed by atoms with E-state index >= 15 is 0 Å². The van der Waals surface area contributed by atoms with E-state index in [1.807, 2.05) is 12.1 Å². The van der Waals surface area contributed by atoms with Crippen LogP contribution in [0.3, 0.4) is 0 Å². The minimum Gasteiger partial charge on any atom is -0.313 e. The Bertz CT molecular complexity index is 852. The molecule has 0 amide bonds. The summed E-state index contributed by atoms with van der Waals surface area (Å²) in [6.07, 6.45) is 2.22. The lowest BCUT2D eigenvalue weighted by Gasteiger charge is -2.10. The van der Waals surface area contributed by atoms with E-state index in [2.05, 4.69) is 34.4 Å². The lowest BCUT2D eigenvalue weighted by Crippen LogP contribution is -2.11. The van der Waals surface area contributed by atoms with E-state index < -0.39 is 0 Å². The van der Waals surface area contributed by atoms with Gasteiger partial charge in [0, 0.05) is 22.5 Å². The molecule has 0 saturated heterocycles. The summed E-state index contributed by atoms with van der Waals surface area (Å²) in [6.45, 7) is 4.12. The van der Waals surface area contributed by atoms with Crippen molar-refractivity contribution >= 4 is 22.9 Å². The molecular weight excluding hydrogens is 307 g/mol. The van der Waals surface area contributed by atoms with E-state index in [-0.39, 0.29) is 5.82 Å². The smallest absolute Gasteiger partial charge is 0.123 e. The number of aryl methyl sites for hydroxylation is 1. The quantitative estimate of drug-likeness (QED) is 0.736. The topological polar surface area (TPSA) is 17.0 Å². The summed E-state index contributed by atoms with van der Waals surface area (Å²) in [7, 11) is 0. The van der Waals surface area contributed by atoms with Crippen molar-refractivity contribution in [3.63, 3.8) is 0 Å². The highest BCUT2D eigenvalue weighted by Crippen LogP contribution is 2.35. The summed E-state index contributed by atoms with van der Waals surface area (Å²) < 4.78 is 15.5. The highest BCUT2D eigenvalue weighted by Gasteiger charge is 2.19. The molecule has 0 saturated carbocycles. The third-order valence-corrected chi connectivity index (χ3v) is 5.45. The summed E-state index contributed by atoms with van der Waals surface area (Å²) in [6, 6.07) is 13.4. The van der Waals surface area contributed by atoms with Gasteiger partial charge in [-0.1, -0.05) is 11.6 Å². The van der Waals surface area contributed by atoms with Gasteiger partial charge < -0.3 is 5.32 Å². The molecule has 0 atom stereocenters. The molecule has 3 aromatic rings. The Balaban J connectivity index is 1.87. The molecule has 2 aromatic carbocycles.